The number of piperidine rings is 1. The Morgan fingerprint density at radius 2 is 1.94 bits per heavy atom. The summed E-state index contributed by atoms with van der Waals surface area (Å²) in [5, 5.41) is 15.6. The second kappa shape index (κ2) is 9.47. The molecule has 1 aliphatic carbocycles. The third kappa shape index (κ3) is 4.32. The molecule has 0 radical (unpaired) electrons. The Bertz CT molecular complexity index is 1050. The summed E-state index contributed by atoms with van der Waals surface area (Å²) in [7, 11) is 1.68. The summed E-state index contributed by atoms with van der Waals surface area (Å²) in [6.07, 6.45) is 5.78. The molecule has 2 aromatic carbocycles. The maximum absolute atomic E-state index is 10.8. The first-order valence-electron chi connectivity index (χ1n) is 11.9. The van der Waals surface area contributed by atoms with Crippen molar-refractivity contribution in [1.29, 1.82) is 0 Å². The van der Waals surface area contributed by atoms with E-state index in [0.717, 1.165) is 65.6 Å². The Morgan fingerprint density at radius 3 is 2.78 bits per heavy atom. The van der Waals surface area contributed by atoms with Gasteiger partial charge in [0.2, 0.25) is 0 Å². The number of rotatable bonds is 7. The van der Waals surface area contributed by atoms with E-state index in [1.807, 2.05) is 30.3 Å². The predicted molar refractivity (Wildman–Crippen MR) is 130 cm³/mol. The number of aliphatic hydroxyl groups is 1. The van der Waals surface area contributed by atoms with Gasteiger partial charge in [-0.15, -0.1) is 0 Å². The summed E-state index contributed by atoms with van der Waals surface area (Å²) in [6.45, 7) is 2.83. The highest BCUT2D eigenvalue weighted by molar-refractivity contribution is 5.93. The molecule has 0 spiro atoms. The van der Waals surface area contributed by atoms with Crippen molar-refractivity contribution in [3.63, 3.8) is 0 Å². The number of anilines is 1. The van der Waals surface area contributed by atoms with Gasteiger partial charge in [0.1, 0.15) is 12.0 Å². The number of aliphatic hydroxyl groups excluding tert-OH is 1. The zero-order valence-electron chi connectivity index (χ0n) is 18.8. The second-order valence-corrected chi connectivity index (χ2v) is 9.17. The first-order chi connectivity index (χ1) is 15.7. The lowest BCUT2D eigenvalue weighted by Gasteiger charge is -2.40. The zero-order valence-corrected chi connectivity index (χ0v) is 18.8. The van der Waals surface area contributed by atoms with Gasteiger partial charge in [-0.05, 0) is 68.0 Å². The molecule has 1 aromatic heterocycles. The lowest BCUT2D eigenvalue weighted by molar-refractivity contribution is -0.0804. The largest absolute Gasteiger partial charge is 0.497 e. The molecule has 168 valence electrons. The lowest BCUT2D eigenvalue weighted by Crippen LogP contribution is -2.48. The second-order valence-electron chi connectivity index (χ2n) is 9.17. The van der Waals surface area contributed by atoms with Crippen LogP contribution in [0.1, 0.15) is 32.1 Å². The molecule has 2 heterocycles. The highest BCUT2D eigenvalue weighted by atomic mass is 16.5. The van der Waals surface area contributed by atoms with E-state index in [2.05, 4.69) is 34.5 Å². The number of para-hydroxylation sites is 1. The first-order valence-corrected chi connectivity index (χ1v) is 11.9. The fraction of sp³-hybridized carbons (Fsp3) is 0.444. The highest BCUT2D eigenvalue weighted by Gasteiger charge is 2.39. The normalized spacial score (nSPS) is 23.2. The van der Waals surface area contributed by atoms with E-state index in [0.29, 0.717) is 5.92 Å². The highest BCUT2D eigenvalue weighted by Crippen LogP contribution is 2.40. The number of fused-ring (bicyclic) bond motifs is 2. The van der Waals surface area contributed by atoms with Gasteiger partial charge >= 0.3 is 0 Å². The molecule has 3 unspecified atom stereocenters. The van der Waals surface area contributed by atoms with Gasteiger partial charge in [0, 0.05) is 42.2 Å². The number of aromatic nitrogens is 1. The molecular formula is C27H33N3O2. The van der Waals surface area contributed by atoms with Crippen LogP contribution in [0.2, 0.25) is 0 Å². The number of hydrogen-bond acceptors (Lipinski definition) is 5. The molecule has 32 heavy (non-hydrogen) atoms. The number of likely N-dealkylation sites (tertiary alicyclic amines) is 1. The number of pyridine rings is 1. The van der Waals surface area contributed by atoms with Crippen molar-refractivity contribution >= 4 is 16.6 Å². The van der Waals surface area contributed by atoms with Gasteiger partial charge in [0.15, 0.2) is 0 Å². The maximum Gasteiger partial charge on any atom is 0.118 e. The summed E-state index contributed by atoms with van der Waals surface area (Å²) in [5.41, 5.74) is 4.12. The van der Waals surface area contributed by atoms with Crippen LogP contribution in [0.3, 0.4) is 0 Å². The van der Waals surface area contributed by atoms with Crippen LogP contribution in [0.15, 0.2) is 54.6 Å². The molecule has 5 heteroatoms. The molecule has 2 aliphatic rings. The van der Waals surface area contributed by atoms with E-state index in [1.54, 1.807) is 7.11 Å². The van der Waals surface area contributed by atoms with Gasteiger partial charge in [0.05, 0.1) is 18.3 Å². The fourth-order valence-electron chi connectivity index (χ4n) is 5.53. The van der Waals surface area contributed by atoms with Crippen molar-refractivity contribution in [2.45, 2.75) is 38.3 Å². The van der Waals surface area contributed by atoms with Crippen molar-refractivity contribution in [2.75, 3.05) is 32.1 Å². The number of ether oxygens (including phenoxy) is 1. The monoisotopic (exact) mass is 431 g/mol. The first kappa shape index (κ1) is 21.2. The quantitative estimate of drug-likeness (QED) is 0.507. The van der Waals surface area contributed by atoms with E-state index in [4.69, 9.17) is 9.72 Å². The van der Waals surface area contributed by atoms with Crippen LogP contribution >= 0.6 is 0 Å². The van der Waals surface area contributed by atoms with Crippen LogP contribution < -0.4 is 10.1 Å². The number of benzene rings is 2. The van der Waals surface area contributed by atoms with Crippen molar-refractivity contribution in [1.82, 2.24) is 9.88 Å². The van der Waals surface area contributed by atoms with Gasteiger partial charge < -0.3 is 15.2 Å². The van der Waals surface area contributed by atoms with Crippen molar-refractivity contribution in [3.05, 3.63) is 54.6 Å². The third-order valence-electron chi connectivity index (χ3n) is 7.30. The van der Waals surface area contributed by atoms with Crippen LogP contribution in [0.25, 0.3) is 22.2 Å². The van der Waals surface area contributed by atoms with Gasteiger partial charge in [-0.2, -0.15) is 0 Å². The number of nitrogens with zero attached hydrogens (tertiary/aromatic N) is 2. The van der Waals surface area contributed by atoms with E-state index in [1.165, 1.54) is 25.7 Å². The fourth-order valence-corrected chi connectivity index (χ4v) is 5.53. The molecule has 0 amide bonds. The molecule has 5 nitrogen and oxygen atoms in total. The zero-order chi connectivity index (χ0) is 21.9. The Balaban J connectivity index is 1.27. The molecule has 0 bridgehead atoms. The summed E-state index contributed by atoms with van der Waals surface area (Å²) >= 11 is 0. The molecule has 5 rings (SSSR count). The molecular weight excluding hydrogens is 398 g/mol. The Hall–Kier alpha value is -2.63. The van der Waals surface area contributed by atoms with Crippen LogP contribution in [0.4, 0.5) is 5.69 Å². The van der Waals surface area contributed by atoms with Gasteiger partial charge in [0.25, 0.3) is 0 Å². The molecule has 1 aliphatic heterocycles. The van der Waals surface area contributed by atoms with E-state index >= 15 is 0 Å². The predicted octanol–water partition coefficient (Wildman–Crippen LogP) is 5.15. The van der Waals surface area contributed by atoms with Crippen molar-refractivity contribution in [3.8, 4) is 17.0 Å². The van der Waals surface area contributed by atoms with Gasteiger partial charge in [-0.1, -0.05) is 24.6 Å². The average molecular weight is 432 g/mol. The van der Waals surface area contributed by atoms with Crippen molar-refractivity contribution < 1.29 is 9.84 Å². The Morgan fingerprint density at radius 1 is 1.09 bits per heavy atom. The topological polar surface area (TPSA) is 57.6 Å². The molecule has 3 aromatic rings. The molecule has 3 atom stereocenters. The SMILES string of the molecule is COc1ccc(-c2cc(NCCCN3CCC4CCCC4C3O)c3ccccc3n2)cc1. The third-order valence-corrected chi connectivity index (χ3v) is 7.30. The van der Waals surface area contributed by atoms with E-state index in [-0.39, 0.29) is 6.23 Å². The lowest BCUT2D eigenvalue weighted by atomic mass is 9.87. The average Bonchev–Trinajstić information content (AvgIpc) is 3.32. The van der Waals surface area contributed by atoms with Gasteiger partial charge in [-0.25, -0.2) is 4.98 Å². The van der Waals surface area contributed by atoms with Crippen LogP contribution in [-0.2, 0) is 0 Å². The number of methoxy groups -OCH3 is 1. The smallest absolute Gasteiger partial charge is 0.118 e. The minimum atomic E-state index is -0.250. The summed E-state index contributed by atoms with van der Waals surface area (Å²) in [6, 6.07) is 18.5. The summed E-state index contributed by atoms with van der Waals surface area (Å²) in [4.78, 5) is 7.18. The minimum absolute atomic E-state index is 0.250. The molecule has 2 fully saturated rings. The standard InChI is InChI=1S/C27H33N3O2/c1-32-21-12-10-20(11-13-21)25-18-26(23-7-2-3-9-24(23)29-25)28-15-5-16-30-17-14-19-6-4-8-22(19)27(30)31/h2-3,7,9-13,18-19,22,27,31H,4-6,8,14-17H2,1H3,(H,28,29). The van der Waals surface area contributed by atoms with Crippen LogP contribution in [0, 0.1) is 11.8 Å². The van der Waals surface area contributed by atoms with E-state index < -0.39 is 0 Å². The minimum Gasteiger partial charge on any atom is -0.497 e. The van der Waals surface area contributed by atoms with Crippen LogP contribution in [0.5, 0.6) is 5.75 Å². The maximum atomic E-state index is 10.8. The molecule has 2 N–H and O–H groups in total. The van der Waals surface area contributed by atoms with E-state index in [9.17, 15) is 5.11 Å². The van der Waals surface area contributed by atoms with Gasteiger partial charge in [-0.3, -0.25) is 4.90 Å². The molecule has 1 saturated heterocycles. The van der Waals surface area contributed by atoms with Crippen molar-refractivity contribution in [2.24, 2.45) is 11.8 Å². The summed E-state index contributed by atoms with van der Waals surface area (Å²) in [5.74, 6) is 2.09. The number of nitrogens with one attached hydrogen (secondary N) is 1. The Labute approximate surface area is 190 Å². The molecule has 1 saturated carbocycles. The number of hydrogen-bond donors (Lipinski definition) is 2. The van der Waals surface area contributed by atoms with Crippen LogP contribution in [-0.4, -0.2) is 48.0 Å². The summed E-state index contributed by atoms with van der Waals surface area (Å²) < 4.78 is 5.29. The Kier molecular flexibility index (Phi) is 6.28.